The maximum atomic E-state index is 12.0. The van der Waals surface area contributed by atoms with Crippen molar-refractivity contribution in [1.29, 1.82) is 0 Å². The zero-order valence-corrected chi connectivity index (χ0v) is 13.8. The van der Waals surface area contributed by atoms with E-state index in [1.165, 1.54) is 6.42 Å². The Balaban J connectivity index is 1.71. The average molecular weight is 323 g/mol. The highest BCUT2D eigenvalue weighted by Gasteiger charge is 2.20. The van der Waals surface area contributed by atoms with Crippen LogP contribution in [0, 0.1) is 0 Å². The first-order valence-corrected chi connectivity index (χ1v) is 9.91. The molecule has 0 atom stereocenters. The molecule has 0 radical (unpaired) electrons. The third kappa shape index (κ3) is 6.18. The lowest BCUT2D eigenvalue weighted by Gasteiger charge is -2.22. The molecule has 0 saturated heterocycles. The highest BCUT2D eigenvalue weighted by Crippen LogP contribution is 2.17. The van der Waals surface area contributed by atoms with Crippen molar-refractivity contribution >= 4 is 15.7 Å². The fraction of sp³-hybridized carbons (Fsp3) is 0.588. The Labute approximate surface area is 133 Å². The fourth-order valence-electron chi connectivity index (χ4n) is 2.93. The van der Waals surface area contributed by atoms with Crippen LogP contribution in [-0.4, -0.2) is 31.9 Å². The molecule has 1 fully saturated rings. The monoisotopic (exact) mass is 323 g/mol. The molecule has 1 aliphatic carbocycles. The van der Waals surface area contributed by atoms with Gasteiger partial charge in [-0.1, -0.05) is 49.6 Å². The molecular weight excluding hydrogens is 298 g/mol. The van der Waals surface area contributed by atoms with Crippen LogP contribution in [0.5, 0.6) is 0 Å². The number of benzene rings is 1. The van der Waals surface area contributed by atoms with E-state index in [4.69, 9.17) is 0 Å². The van der Waals surface area contributed by atoms with Crippen molar-refractivity contribution in [2.75, 3.05) is 11.5 Å². The number of carbonyl (C=O) groups is 1. The lowest BCUT2D eigenvalue weighted by Crippen LogP contribution is -2.39. The number of nitrogens with one attached hydrogen (secondary N) is 1. The minimum atomic E-state index is -3.31. The fourth-order valence-corrected chi connectivity index (χ4v) is 4.14. The van der Waals surface area contributed by atoms with Gasteiger partial charge in [0.25, 0.3) is 0 Å². The van der Waals surface area contributed by atoms with Crippen molar-refractivity contribution in [3.05, 3.63) is 35.9 Å². The van der Waals surface area contributed by atoms with Crippen LogP contribution in [0.3, 0.4) is 0 Å². The van der Waals surface area contributed by atoms with Crippen molar-refractivity contribution in [2.45, 2.75) is 51.0 Å². The van der Waals surface area contributed by atoms with E-state index < -0.39 is 9.84 Å². The van der Waals surface area contributed by atoms with Gasteiger partial charge in [0.1, 0.15) is 5.75 Å². The highest BCUT2D eigenvalue weighted by molar-refractivity contribution is 7.92. The number of aryl methyl sites for hydroxylation is 1. The summed E-state index contributed by atoms with van der Waals surface area (Å²) in [5.74, 6) is -0.648. The molecule has 0 heterocycles. The Bertz CT molecular complexity index is 563. The molecule has 0 unspecified atom stereocenters. The number of hydrogen-bond donors (Lipinski definition) is 1. The number of sulfone groups is 1. The third-order valence-electron chi connectivity index (χ3n) is 4.08. The second kappa shape index (κ2) is 8.32. The Morgan fingerprint density at radius 3 is 2.45 bits per heavy atom. The summed E-state index contributed by atoms with van der Waals surface area (Å²) in [4.78, 5) is 11.9. The molecule has 1 saturated carbocycles. The molecule has 1 aromatic rings. The van der Waals surface area contributed by atoms with Crippen LogP contribution in [0.4, 0.5) is 0 Å². The summed E-state index contributed by atoms with van der Waals surface area (Å²) in [6, 6.07) is 9.98. The SMILES string of the molecule is O=C(CS(=O)(=O)CCCc1ccccc1)NC1CCCCC1. The lowest BCUT2D eigenvalue weighted by atomic mass is 9.95. The molecule has 1 N–H and O–H groups in total. The number of amides is 1. The Morgan fingerprint density at radius 2 is 1.77 bits per heavy atom. The maximum Gasteiger partial charge on any atom is 0.235 e. The molecule has 0 aromatic heterocycles. The van der Waals surface area contributed by atoms with Gasteiger partial charge < -0.3 is 5.32 Å². The molecule has 1 amide bonds. The van der Waals surface area contributed by atoms with E-state index in [0.717, 1.165) is 37.7 Å². The molecule has 1 aliphatic rings. The molecule has 0 aliphatic heterocycles. The van der Waals surface area contributed by atoms with E-state index in [9.17, 15) is 13.2 Å². The predicted molar refractivity (Wildman–Crippen MR) is 88.4 cm³/mol. The molecule has 122 valence electrons. The van der Waals surface area contributed by atoms with E-state index in [-0.39, 0.29) is 23.5 Å². The first-order chi connectivity index (χ1) is 10.6. The molecular formula is C17H25NO3S. The topological polar surface area (TPSA) is 63.2 Å². The van der Waals surface area contributed by atoms with Crippen LogP contribution in [0.25, 0.3) is 0 Å². The van der Waals surface area contributed by atoms with E-state index in [1.54, 1.807) is 0 Å². The van der Waals surface area contributed by atoms with Crippen molar-refractivity contribution in [3.63, 3.8) is 0 Å². The minimum Gasteiger partial charge on any atom is -0.352 e. The average Bonchev–Trinajstić information content (AvgIpc) is 2.48. The molecule has 0 spiro atoms. The number of hydrogen-bond acceptors (Lipinski definition) is 3. The second-order valence-electron chi connectivity index (χ2n) is 6.08. The van der Waals surface area contributed by atoms with Gasteiger partial charge in [0, 0.05) is 6.04 Å². The van der Waals surface area contributed by atoms with Crippen molar-refractivity contribution in [1.82, 2.24) is 5.32 Å². The van der Waals surface area contributed by atoms with E-state index in [2.05, 4.69) is 5.32 Å². The Kier molecular flexibility index (Phi) is 6.43. The van der Waals surface area contributed by atoms with Crippen LogP contribution in [0.2, 0.25) is 0 Å². The molecule has 4 nitrogen and oxygen atoms in total. The van der Waals surface area contributed by atoms with E-state index in [0.29, 0.717) is 6.42 Å². The van der Waals surface area contributed by atoms with Crippen LogP contribution in [-0.2, 0) is 21.1 Å². The quantitative estimate of drug-likeness (QED) is 0.838. The zero-order chi connectivity index (χ0) is 15.8. The first-order valence-electron chi connectivity index (χ1n) is 8.09. The van der Waals surface area contributed by atoms with Crippen molar-refractivity contribution in [2.24, 2.45) is 0 Å². The highest BCUT2D eigenvalue weighted by atomic mass is 32.2. The predicted octanol–water partition coefficient (Wildman–Crippen LogP) is 2.48. The number of rotatable bonds is 7. The molecule has 0 bridgehead atoms. The second-order valence-corrected chi connectivity index (χ2v) is 8.27. The van der Waals surface area contributed by atoms with E-state index >= 15 is 0 Å². The smallest absolute Gasteiger partial charge is 0.235 e. The number of carbonyl (C=O) groups excluding carboxylic acids is 1. The summed E-state index contributed by atoms with van der Waals surface area (Å²) in [7, 11) is -3.31. The van der Waals surface area contributed by atoms with Gasteiger partial charge in [-0.2, -0.15) is 0 Å². The van der Waals surface area contributed by atoms with Gasteiger partial charge in [-0.25, -0.2) is 8.42 Å². The molecule has 2 rings (SSSR count). The molecule has 1 aromatic carbocycles. The Morgan fingerprint density at radius 1 is 1.09 bits per heavy atom. The van der Waals surface area contributed by atoms with Crippen LogP contribution in [0.15, 0.2) is 30.3 Å². The largest absolute Gasteiger partial charge is 0.352 e. The summed E-state index contributed by atoms with van der Waals surface area (Å²) in [5, 5.41) is 2.86. The van der Waals surface area contributed by atoms with Crippen LogP contribution < -0.4 is 5.32 Å². The molecule has 5 heteroatoms. The zero-order valence-electron chi connectivity index (χ0n) is 13.0. The van der Waals surface area contributed by atoms with Crippen molar-refractivity contribution in [3.8, 4) is 0 Å². The van der Waals surface area contributed by atoms with E-state index in [1.807, 2.05) is 30.3 Å². The summed E-state index contributed by atoms with van der Waals surface area (Å²) < 4.78 is 24.0. The van der Waals surface area contributed by atoms with Gasteiger partial charge in [0.15, 0.2) is 9.84 Å². The summed E-state index contributed by atoms with van der Waals surface area (Å²) in [6.45, 7) is 0. The van der Waals surface area contributed by atoms with Gasteiger partial charge in [-0.3, -0.25) is 4.79 Å². The van der Waals surface area contributed by atoms with Gasteiger partial charge in [0.2, 0.25) is 5.91 Å². The van der Waals surface area contributed by atoms with Crippen molar-refractivity contribution < 1.29 is 13.2 Å². The minimum absolute atomic E-state index is 0.0694. The maximum absolute atomic E-state index is 12.0. The van der Waals surface area contributed by atoms with Crippen LogP contribution >= 0.6 is 0 Å². The summed E-state index contributed by atoms with van der Waals surface area (Å²) in [6.07, 6.45) is 6.68. The van der Waals surface area contributed by atoms with Gasteiger partial charge in [-0.15, -0.1) is 0 Å². The molecule has 22 heavy (non-hydrogen) atoms. The Hall–Kier alpha value is -1.36. The van der Waals surface area contributed by atoms with Crippen LogP contribution in [0.1, 0.15) is 44.1 Å². The normalized spacial score (nSPS) is 16.4. The summed E-state index contributed by atoms with van der Waals surface area (Å²) >= 11 is 0. The van der Waals surface area contributed by atoms with Gasteiger partial charge >= 0.3 is 0 Å². The standard InChI is InChI=1S/C17H25NO3S/c19-17(18-16-11-5-2-6-12-16)14-22(20,21)13-7-10-15-8-3-1-4-9-15/h1,3-4,8-9,16H,2,5-7,10-14H2,(H,18,19). The summed E-state index contributed by atoms with van der Waals surface area (Å²) in [5.41, 5.74) is 1.13. The third-order valence-corrected chi connectivity index (χ3v) is 5.70. The van der Waals surface area contributed by atoms with Gasteiger partial charge in [-0.05, 0) is 31.2 Å². The first kappa shape index (κ1) is 17.0. The lowest BCUT2D eigenvalue weighted by molar-refractivity contribution is -0.119. The van der Waals surface area contributed by atoms with Gasteiger partial charge in [0.05, 0.1) is 5.75 Å².